The van der Waals surface area contributed by atoms with Crippen LogP contribution in [0.4, 0.5) is 5.69 Å². The lowest BCUT2D eigenvalue weighted by molar-refractivity contribution is -0.112. The van der Waals surface area contributed by atoms with Crippen LogP contribution in [0.25, 0.3) is 11.0 Å². The van der Waals surface area contributed by atoms with Crippen LogP contribution in [0.2, 0.25) is 0 Å². The maximum Gasteiger partial charge on any atom is 0.281 e. The molecule has 2 aromatic carbocycles. The highest BCUT2D eigenvalue weighted by atomic mass is 16.6. The standard InChI is InChI=1S/C21H22N4O3/c1-28-23-20-15-8-2-4-10-17(15)25(21(20)27)14-19-22-16-9-3-5-11-18(16)24(19)12-6-7-13-26/h2-5,8-11,26H,6-7,12-14H2,1H3/b23-20+. The number of aliphatic hydroxyl groups is 1. The van der Waals surface area contributed by atoms with Gasteiger partial charge in [0.05, 0.1) is 23.3 Å². The molecule has 1 aliphatic heterocycles. The Hall–Kier alpha value is -3.19. The Kier molecular flexibility index (Phi) is 5.08. The fourth-order valence-electron chi connectivity index (χ4n) is 3.62. The van der Waals surface area contributed by atoms with Gasteiger partial charge in [-0.15, -0.1) is 0 Å². The zero-order chi connectivity index (χ0) is 19.5. The number of amides is 1. The number of aromatic nitrogens is 2. The number of aliphatic hydroxyl groups excluding tert-OH is 1. The maximum atomic E-state index is 13.0. The van der Waals surface area contributed by atoms with E-state index in [1.54, 1.807) is 4.90 Å². The number of imidazole rings is 1. The number of carbonyl (C=O) groups is 1. The zero-order valence-corrected chi connectivity index (χ0v) is 15.7. The van der Waals surface area contributed by atoms with Gasteiger partial charge < -0.3 is 14.5 Å². The number of oxime groups is 1. The number of aryl methyl sites for hydroxylation is 1. The number of anilines is 1. The Labute approximate surface area is 162 Å². The minimum atomic E-state index is -0.197. The number of nitrogens with zero attached hydrogens (tertiary/aromatic N) is 4. The quantitative estimate of drug-likeness (QED) is 0.506. The summed E-state index contributed by atoms with van der Waals surface area (Å²) < 4.78 is 2.13. The van der Waals surface area contributed by atoms with E-state index in [1.807, 2.05) is 48.5 Å². The molecule has 0 radical (unpaired) electrons. The van der Waals surface area contributed by atoms with E-state index in [1.165, 1.54) is 7.11 Å². The van der Waals surface area contributed by atoms with Crippen LogP contribution in [0.1, 0.15) is 24.2 Å². The van der Waals surface area contributed by atoms with Crippen molar-refractivity contribution >= 4 is 28.3 Å². The molecule has 0 saturated heterocycles. The second kappa shape index (κ2) is 7.82. The minimum Gasteiger partial charge on any atom is -0.398 e. The summed E-state index contributed by atoms with van der Waals surface area (Å²) in [6, 6.07) is 15.5. The van der Waals surface area contributed by atoms with Crippen molar-refractivity contribution in [2.24, 2.45) is 5.16 Å². The number of fused-ring (bicyclic) bond motifs is 2. The predicted molar refractivity (Wildman–Crippen MR) is 107 cm³/mol. The highest BCUT2D eigenvalue weighted by Gasteiger charge is 2.35. The first-order valence-electron chi connectivity index (χ1n) is 9.32. The monoisotopic (exact) mass is 378 g/mol. The third-order valence-corrected chi connectivity index (χ3v) is 4.90. The molecule has 0 aliphatic carbocycles. The van der Waals surface area contributed by atoms with Crippen molar-refractivity contribution in [3.63, 3.8) is 0 Å². The molecule has 28 heavy (non-hydrogen) atoms. The lowest BCUT2D eigenvalue weighted by Gasteiger charge is -2.17. The second-order valence-corrected chi connectivity index (χ2v) is 6.63. The van der Waals surface area contributed by atoms with Crippen molar-refractivity contribution in [1.82, 2.24) is 9.55 Å². The number of rotatable bonds is 7. The minimum absolute atomic E-state index is 0.163. The van der Waals surface area contributed by atoms with Gasteiger partial charge in [-0.1, -0.05) is 35.5 Å². The van der Waals surface area contributed by atoms with Crippen molar-refractivity contribution in [1.29, 1.82) is 0 Å². The van der Waals surface area contributed by atoms with Crippen molar-refractivity contribution in [2.45, 2.75) is 25.9 Å². The van der Waals surface area contributed by atoms with Crippen LogP contribution in [0.15, 0.2) is 53.7 Å². The smallest absolute Gasteiger partial charge is 0.281 e. The van der Waals surface area contributed by atoms with E-state index in [4.69, 9.17) is 14.9 Å². The van der Waals surface area contributed by atoms with E-state index in [0.717, 1.165) is 47.5 Å². The molecule has 0 fully saturated rings. The van der Waals surface area contributed by atoms with Gasteiger partial charge in [-0.05, 0) is 31.0 Å². The molecule has 1 amide bonds. The van der Waals surface area contributed by atoms with Crippen molar-refractivity contribution < 1.29 is 14.7 Å². The van der Waals surface area contributed by atoms with Gasteiger partial charge in [0.25, 0.3) is 5.91 Å². The number of benzene rings is 2. The average Bonchev–Trinajstić information content (AvgIpc) is 3.19. The van der Waals surface area contributed by atoms with Gasteiger partial charge in [-0.2, -0.15) is 0 Å². The molecular weight excluding hydrogens is 356 g/mol. The first-order chi connectivity index (χ1) is 13.7. The summed E-state index contributed by atoms with van der Waals surface area (Å²) >= 11 is 0. The summed E-state index contributed by atoms with van der Waals surface area (Å²) in [5.74, 6) is 0.609. The van der Waals surface area contributed by atoms with Gasteiger partial charge in [0, 0.05) is 18.7 Å². The van der Waals surface area contributed by atoms with E-state index >= 15 is 0 Å². The van der Waals surface area contributed by atoms with Crippen LogP contribution in [-0.4, -0.2) is 40.0 Å². The number of carbonyl (C=O) groups excluding carboxylic acids is 1. The van der Waals surface area contributed by atoms with Gasteiger partial charge >= 0.3 is 0 Å². The third kappa shape index (κ3) is 3.14. The molecular formula is C21H22N4O3. The van der Waals surface area contributed by atoms with Crippen molar-refractivity contribution in [3.8, 4) is 0 Å². The Bertz CT molecular complexity index is 1040. The van der Waals surface area contributed by atoms with E-state index < -0.39 is 0 Å². The van der Waals surface area contributed by atoms with Crippen LogP contribution in [0.3, 0.4) is 0 Å². The summed E-state index contributed by atoms with van der Waals surface area (Å²) in [4.78, 5) is 24.3. The third-order valence-electron chi connectivity index (χ3n) is 4.90. The van der Waals surface area contributed by atoms with Crippen LogP contribution in [0.5, 0.6) is 0 Å². The molecule has 0 unspecified atom stereocenters. The first-order valence-corrected chi connectivity index (χ1v) is 9.32. The Balaban J connectivity index is 1.73. The topological polar surface area (TPSA) is 80.0 Å². The molecule has 1 aromatic heterocycles. The fourth-order valence-corrected chi connectivity index (χ4v) is 3.62. The Morgan fingerprint density at radius 1 is 1.11 bits per heavy atom. The highest BCUT2D eigenvalue weighted by Crippen LogP contribution is 2.31. The van der Waals surface area contributed by atoms with Crippen LogP contribution in [0, 0.1) is 0 Å². The average molecular weight is 378 g/mol. The molecule has 0 saturated carbocycles. The lowest BCUT2D eigenvalue weighted by atomic mass is 10.1. The molecule has 7 heteroatoms. The van der Waals surface area contributed by atoms with Crippen LogP contribution >= 0.6 is 0 Å². The molecule has 144 valence electrons. The molecule has 3 aromatic rings. The molecule has 1 aliphatic rings. The Morgan fingerprint density at radius 3 is 2.71 bits per heavy atom. The van der Waals surface area contributed by atoms with Crippen molar-refractivity contribution in [3.05, 3.63) is 59.9 Å². The summed E-state index contributed by atoms with van der Waals surface area (Å²) in [5.41, 5.74) is 3.80. The lowest BCUT2D eigenvalue weighted by Crippen LogP contribution is -2.31. The summed E-state index contributed by atoms with van der Waals surface area (Å²) in [6.07, 6.45) is 1.56. The second-order valence-electron chi connectivity index (χ2n) is 6.63. The van der Waals surface area contributed by atoms with Gasteiger partial charge in [-0.25, -0.2) is 4.98 Å². The molecule has 0 bridgehead atoms. The molecule has 0 spiro atoms. The van der Waals surface area contributed by atoms with Crippen molar-refractivity contribution in [2.75, 3.05) is 18.6 Å². The molecule has 4 rings (SSSR count). The highest BCUT2D eigenvalue weighted by molar-refractivity contribution is 6.54. The first kappa shape index (κ1) is 18.2. The SMILES string of the molecule is CO/N=C1/C(=O)N(Cc2nc3ccccc3n2CCCCO)c2ccccc21. The molecule has 1 N–H and O–H groups in total. The zero-order valence-electron chi connectivity index (χ0n) is 15.7. The van der Waals surface area contributed by atoms with E-state index in [0.29, 0.717) is 12.3 Å². The number of para-hydroxylation sites is 3. The van der Waals surface area contributed by atoms with Gasteiger partial charge in [-0.3, -0.25) is 9.69 Å². The number of hydrogen-bond donors (Lipinski definition) is 1. The number of unbranched alkanes of at least 4 members (excludes halogenated alkanes) is 1. The van der Waals surface area contributed by atoms with Crippen LogP contribution in [-0.2, 0) is 22.7 Å². The van der Waals surface area contributed by atoms with Gasteiger partial charge in [0.1, 0.15) is 12.9 Å². The van der Waals surface area contributed by atoms with Gasteiger partial charge in [0.15, 0.2) is 5.71 Å². The summed E-state index contributed by atoms with van der Waals surface area (Å²) in [7, 11) is 1.44. The molecule has 7 nitrogen and oxygen atoms in total. The molecule has 2 heterocycles. The molecule has 0 atom stereocenters. The normalized spacial score (nSPS) is 14.9. The largest absolute Gasteiger partial charge is 0.398 e. The van der Waals surface area contributed by atoms with Gasteiger partial charge in [0.2, 0.25) is 0 Å². The maximum absolute atomic E-state index is 13.0. The predicted octanol–water partition coefficient (Wildman–Crippen LogP) is 2.71. The number of hydrogen-bond acceptors (Lipinski definition) is 5. The van der Waals surface area contributed by atoms with E-state index in [2.05, 4.69) is 9.72 Å². The Morgan fingerprint density at radius 2 is 1.89 bits per heavy atom. The summed E-state index contributed by atoms with van der Waals surface area (Å²) in [6.45, 7) is 1.24. The van der Waals surface area contributed by atoms with Crippen LogP contribution < -0.4 is 4.90 Å². The fraction of sp³-hybridized carbons (Fsp3) is 0.286. The van der Waals surface area contributed by atoms with E-state index in [9.17, 15) is 4.79 Å². The van der Waals surface area contributed by atoms with E-state index in [-0.39, 0.29) is 12.5 Å². The summed E-state index contributed by atoms with van der Waals surface area (Å²) in [5, 5.41) is 13.1.